The van der Waals surface area contributed by atoms with Crippen LogP contribution in [0, 0.1) is 13.8 Å². The standard InChI is InChI=1S/C11H12N2O2.CH2O2/c1-7-5-15-8(2)10(7)11(14)9-4-13(3)6-12-9;2-1-3/h4-6H,1-3H3;1H,(H,2,3). The Morgan fingerprint density at radius 2 is 2.11 bits per heavy atom. The van der Waals surface area contributed by atoms with Crippen molar-refractivity contribution in [3.63, 3.8) is 0 Å². The summed E-state index contributed by atoms with van der Waals surface area (Å²) in [6.07, 6.45) is 4.90. The van der Waals surface area contributed by atoms with Gasteiger partial charge in [0.15, 0.2) is 0 Å². The number of aromatic nitrogens is 2. The smallest absolute Gasteiger partial charge is 0.290 e. The van der Waals surface area contributed by atoms with E-state index in [1.807, 2.05) is 14.0 Å². The normalized spacial score (nSPS) is 9.50. The van der Waals surface area contributed by atoms with E-state index in [-0.39, 0.29) is 12.3 Å². The molecule has 6 heteroatoms. The first kappa shape index (κ1) is 13.7. The van der Waals surface area contributed by atoms with Crippen LogP contribution in [0.15, 0.2) is 23.2 Å². The van der Waals surface area contributed by atoms with Crippen molar-refractivity contribution in [1.29, 1.82) is 0 Å². The number of aryl methyl sites for hydroxylation is 3. The van der Waals surface area contributed by atoms with Gasteiger partial charge in [-0.25, -0.2) is 4.98 Å². The first-order valence-corrected chi connectivity index (χ1v) is 5.16. The number of hydrogen-bond acceptors (Lipinski definition) is 4. The highest BCUT2D eigenvalue weighted by molar-refractivity contribution is 6.09. The monoisotopic (exact) mass is 250 g/mol. The van der Waals surface area contributed by atoms with Gasteiger partial charge in [-0.2, -0.15) is 0 Å². The summed E-state index contributed by atoms with van der Waals surface area (Å²) >= 11 is 0. The van der Waals surface area contributed by atoms with Crippen LogP contribution < -0.4 is 0 Å². The van der Waals surface area contributed by atoms with E-state index in [1.54, 1.807) is 30.3 Å². The van der Waals surface area contributed by atoms with Crippen LogP contribution in [0.4, 0.5) is 0 Å². The van der Waals surface area contributed by atoms with E-state index < -0.39 is 0 Å². The molecule has 1 N–H and O–H groups in total. The SMILES string of the molecule is Cc1coc(C)c1C(=O)c1cn(C)cn1.O=CO. The van der Waals surface area contributed by atoms with Crippen LogP contribution in [-0.2, 0) is 11.8 Å². The second-order valence-corrected chi connectivity index (χ2v) is 3.71. The topological polar surface area (TPSA) is 85.3 Å². The number of ketones is 1. The van der Waals surface area contributed by atoms with Crippen LogP contribution >= 0.6 is 0 Å². The van der Waals surface area contributed by atoms with Gasteiger partial charge in [-0.05, 0) is 19.4 Å². The third kappa shape index (κ3) is 2.85. The van der Waals surface area contributed by atoms with Crippen molar-refractivity contribution in [1.82, 2.24) is 9.55 Å². The maximum absolute atomic E-state index is 12.0. The highest BCUT2D eigenvalue weighted by Gasteiger charge is 2.19. The minimum atomic E-state index is -0.250. The number of carboxylic acid groups (broad SMARTS) is 1. The summed E-state index contributed by atoms with van der Waals surface area (Å²) in [7, 11) is 1.83. The van der Waals surface area contributed by atoms with Crippen molar-refractivity contribution >= 4 is 12.3 Å². The number of hydrogen-bond donors (Lipinski definition) is 1. The van der Waals surface area contributed by atoms with Gasteiger partial charge in [0.2, 0.25) is 5.78 Å². The summed E-state index contributed by atoms with van der Waals surface area (Å²) in [6, 6.07) is 0. The molecule has 0 aliphatic heterocycles. The second kappa shape index (κ2) is 5.81. The molecule has 0 aromatic carbocycles. The van der Waals surface area contributed by atoms with Crippen molar-refractivity contribution in [3.05, 3.63) is 41.4 Å². The van der Waals surface area contributed by atoms with E-state index in [0.29, 0.717) is 17.0 Å². The molecule has 0 aliphatic carbocycles. The maximum Gasteiger partial charge on any atom is 0.290 e. The van der Waals surface area contributed by atoms with Crippen molar-refractivity contribution < 1.29 is 19.1 Å². The van der Waals surface area contributed by atoms with Crippen LogP contribution in [-0.4, -0.2) is 26.9 Å². The van der Waals surface area contributed by atoms with Gasteiger partial charge in [-0.15, -0.1) is 0 Å². The fraction of sp³-hybridized carbons (Fsp3) is 0.250. The lowest BCUT2D eigenvalue weighted by atomic mass is 10.1. The van der Waals surface area contributed by atoms with Gasteiger partial charge in [0, 0.05) is 13.2 Å². The zero-order valence-corrected chi connectivity index (χ0v) is 10.4. The first-order valence-electron chi connectivity index (χ1n) is 5.16. The molecule has 2 aromatic rings. The molecule has 96 valence electrons. The van der Waals surface area contributed by atoms with Crippen LogP contribution in [0.5, 0.6) is 0 Å². The highest BCUT2D eigenvalue weighted by Crippen LogP contribution is 2.18. The molecule has 0 aliphatic rings. The first-order chi connectivity index (χ1) is 8.51. The van der Waals surface area contributed by atoms with Gasteiger partial charge in [-0.1, -0.05) is 0 Å². The lowest BCUT2D eigenvalue weighted by Gasteiger charge is -1.96. The molecular weight excluding hydrogens is 236 g/mol. The molecular formula is C12H14N2O4. The summed E-state index contributed by atoms with van der Waals surface area (Å²) in [6.45, 7) is 3.38. The minimum Gasteiger partial charge on any atom is -0.483 e. The molecule has 0 radical (unpaired) electrons. The van der Waals surface area contributed by atoms with Gasteiger partial charge in [0.05, 0.1) is 18.2 Å². The Bertz CT molecular complexity index is 535. The average molecular weight is 250 g/mol. The van der Waals surface area contributed by atoms with E-state index in [9.17, 15) is 4.79 Å². The number of carbonyl (C=O) groups is 2. The molecule has 2 heterocycles. The van der Waals surface area contributed by atoms with Gasteiger partial charge in [0.25, 0.3) is 6.47 Å². The minimum absolute atomic E-state index is 0.0839. The Morgan fingerprint density at radius 1 is 1.50 bits per heavy atom. The van der Waals surface area contributed by atoms with Gasteiger partial charge in [-0.3, -0.25) is 9.59 Å². The fourth-order valence-corrected chi connectivity index (χ4v) is 1.57. The highest BCUT2D eigenvalue weighted by atomic mass is 16.3. The van der Waals surface area contributed by atoms with Gasteiger partial charge < -0.3 is 14.1 Å². The molecule has 0 atom stereocenters. The van der Waals surface area contributed by atoms with Crippen LogP contribution in [0.2, 0.25) is 0 Å². The Labute approximate surface area is 104 Å². The lowest BCUT2D eigenvalue weighted by molar-refractivity contribution is -0.122. The van der Waals surface area contributed by atoms with Gasteiger partial charge >= 0.3 is 0 Å². The Hall–Kier alpha value is -2.37. The molecule has 0 unspecified atom stereocenters. The van der Waals surface area contributed by atoms with Crippen LogP contribution in [0.3, 0.4) is 0 Å². The molecule has 0 saturated heterocycles. The zero-order valence-electron chi connectivity index (χ0n) is 10.4. The quantitative estimate of drug-likeness (QED) is 0.645. The fourth-order valence-electron chi connectivity index (χ4n) is 1.57. The van der Waals surface area contributed by atoms with E-state index in [2.05, 4.69) is 4.98 Å². The molecule has 0 bridgehead atoms. The molecule has 2 rings (SSSR count). The van der Waals surface area contributed by atoms with E-state index in [0.717, 1.165) is 5.56 Å². The number of imidazole rings is 1. The number of nitrogens with zero attached hydrogens (tertiary/aromatic N) is 2. The van der Waals surface area contributed by atoms with Crippen molar-refractivity contribution in [2.45, 2.75) is 13.8 Å². The predicted octanol–water partition coefficient (Wildman–Crippen LogP) is 1.56. The summed E-state index contributed by atoms with van der Waals surface area (Å²) < 4.78 is 6.94. The van der Waals surface area contributed by atoms with Crippen LogP contribution in [0.25, 0.3) is 0 Å². The van der Waals surface area contributed by atoms with Crippen molar-refractivity contribution in [3.8, 4) is 0 Å². The summed E-state index contributed by atoms with van der Waals surface area (Å²) in [4.78, 5) is 24.4. The summed E-state index contributed by atoms with van der Waals surface area (Å²) in [5, 5.41) is 6.89. The molecule has 0 fully saturated rings. The van der Waals surface area contributed by atoms with E-state index in [1.165, 1.54) is 0 Å². The Balaban J connectivity index is 0.000000492. The maximum atomic E-state index is 12.0. The van der Waals surface area contributed by atoms with E-state index in [4.69, 9.17) is 14.3 Å². The lowest BCUT2D eigenvalue weighted by Crippen LogP contribution is -2.03. The number of rotatable bonds is 2. The molecule has 2 aromatic heterocycles. The molecule has 18 heavy (non-hydrogen) atoms. The van der Waals surface area contributed by atoms with E-state index >= 15 is 0 Å². The third-order valence-corrected chi connectivity index (χ3v) is 2.32. The molecule has 0 saturated carbocycles. The van der Waals surface area contributed by atoms with Crippen LogP contribution in [0.1, 0.15) is 27.4 Å². The predicted molar refractivity (Wildman–Crippen MR) is 63.5 cm³/mol. The Morgan fingerprint density at radius 3 is 2.50 bits per heavy atom. The van der Waals surface area contributed by atoms with Crippen molar-refractivity contribution in [2.24, 2.45) is 7.05 Å². The van der Waals surface area contributed by atoms with Gasteiger partial charge in [0.1, 0.15) is 11.5 Å². The van der Waals surface area contributed by atoms with Crippen molar-refractivity contribution in [2.75, 3.05) is 0 Å². The molecule has 0 spiro atoms. The third-order valence-electron chi connectivity index (χ3n) is 2.32. The molecule has 6 nitrogen and oxygen atoms in total. The number of carbonyl (C=O) groups excluding carboxylic acids is 1. The average Bonchev–Trinajstić information content (AvgIpc) is 2.87. The summed E-state index contributed by atoms with van der Waals surface area (Å²) in [5.41, 5.74) is 1.92. The zero-order chi connectivity index (χ0) is 13.7. The Kier molecular flexibility index (Phi) is 4.42. The second-order valence-electron chi connectivity index (χ2n) is 3.71. The molecule has 0 amide bonds. The largest absolute Gasteiger partial charge is 0.483 e. The summed E-state index contributed by atoms with van der Waals surface area (Å²) in [5.74, 6) is 0.558. The number of furan rings is 1.